The highest BCUT2D eigenvalue weighted by atomic mass is 16.3. The van der Waals surface area contributed by atoms with Gasteiger partial charge >= 0.3 is 0 Å². The van der Waals surface area contributed by atoms with E-state index in [0.717, 1.165) is 6.42 Å². The van der Waals surface area contributed by atoms with E-state index < -0.39 is 5.60 Å². The molecule has 0 spiro atoms. The van der Waals surface area contributed by atoms with Gasteiger partial charge in [0, 0.05) is 0 Å². The Bertz CT molecular complexity index is 196. The first-order valence-corrected chi connectivity index (χ1v) is 4.60. The summed E-state index contributed by atoms with van der Waals surface area (Å²) in [6.45, 7) is 5.91. The van der Waals surface area contributed by atoms with Gasteiger partial charge in [-0.05, 0) is 30.8 Å². The minimum atomic E-state index is -0.966. The third-order valence-electron chi connectivity index (χ3n) is 2.82. The second-order valence-corrected chi connectivity index (χ2v) is 4.15. The predicted octanol–water partition coefficient (Wildman–Crippen LogP) is 2.25. The van der Waals surface area contributed by atoms with E-state index in [2.05, 4.69) is 6.92 Å². The van der Waals surface area contributed by atoms with Crippen LogP contribution < -0.4 is 0 Å². The highest BCUT2D eigenvalue weighted by Gasteiger charge is 2.38. The fourth-order valence-electron chi connectivity index (χ4n) is 1.66. The molecular formula is C10H18O2. The summed E-state index contributed by atoms with van der Waals surface area (Å²) in [5.41, 5.74) is -0.966. The second-order valence-electron chi connectivity index (χ2n) is 4.15. The largest absolute Gasteiger partial charge is 0.510 e. The maximum atomic E-state index is 10.0. The highest BCUT2D eigenvalue weighted by molar-refractivity contribution is 5.14. The Balaban J connectivity index is 2.87. The van der Waals surface area contributed by atoms with Crippen molar-refractivity contribution in [3.63, 3.8) is 0 Å². The van der Waals surface area contributed by atoms with Gasteiger partial charge in [0.1, 0.15) is 11.4 Å². The second kappa shape index (κ2) is 3.09. The number of hydrogen-bond acceptors (Lipinski definition) is 2. The average molecular weight is 170 g/mol. The molecule has 2 atom stereocenters. The molecule has 2 heteroatoms. The molecule has 2 N–H and O–H groups in total. The Morgan fingerprint density at radius 2 is 2.17 bits per heavy atom. The van der Waals surface area contributed by atoms with Crippen molar-refractivity contribution in [2.45, 2.75) is 39.2 Å². The maximum absolute atomic E-state index is 10.0. The van der Waals surface area contributed by atoms with Gasteiger partial charge in [-0.2, -0.15) is 0 Å². The first-order valence-electron chi connectivity index (χ1n) is 4.60. The van der Waals surface area contributed by atoms with E-state index in [9.17, 15) is 10.2 Å². The van der Waals surface area contributed by atoms with Crippen LogP contribution in [0.5, 0.6) is 0 Å². The molecule has 0 fully saturated rings. The first kappa shape index (κ1) is 9.59. The lowest BCUT2D eigenvalue weighted by Gasteiger charge is -2.35. The van der Waals surface area contributed by atoms with Gasteiger partial charge in [-0.15, -0.1) is 0 Å². The molecule has 2 nitrogen and oxygen atoms in total. The third-order valence-corrected chi connectivity index (χ3v) is 2.82. The molecule has 1 rings (SSSR count). The molecule has 0 bridgehead atoms. The van der Waals surface area contributed by atoms with Crippen molar-refractivity contribution in [3.8, 4) is 0 Å². The number of allylic oxidation sites excluding steroid dienone is 1. The molecule has 0 aromatic carbocycles. The molecule has 0 saturated carbocycles. The smallest absolute Gasteiger partial charge is 0.123 e. The van der Waals surface area contributed by atoms with Crippen molar-refractivity contribution in [2.24, 2.45) is 11.8 Å². The van der Waals surface area contributed by atoms with Gasteiger partial charge in [0.05, 0.1) is 0 Å². The SMILES string of the molecule is CC1C=C(O)[C@](O)(C(C)C)CC1. The fourth-order valence-corrected chi connectivity index (χ4v) is 1.66. The molecule has 0 aromatic rings. The minimum Gasteiger partial charge on any atom is -0.510 e. The minimum absolute atomic E-state index is 0.0845. The van der Waals surface area contributed by atoms with Crippen LogP contribution in [0.1, 0.15) is 33.6 Å². The van der Waals surface area contributed by atoms with E-state index >= 15 is 0 Å². The van der Waals surface area contributed by atoms with Crippen LogP contribution in [0.15, 0.2) is 11.8 Å². The Labute approximate surface area is 73.9 Å². The quantitative estimate of drug-likeness (QED) is 0.633. The monoisotopic (exact) mass is 170 g/mol. The lowest BCUT2D eigenvalue weighted by Crippen LogP contribution is -2.40. The molecule has 0 aliphatic heterocycles. The van der Waals surface area contributed by atoms with Gasteiger partial charge in [0.25, 0.3) is 0 Å². The summed E-state index contributed by atoms with van der Waals surface area (Å²) in [5.74, 6) is 0.640. The molecule has 0 heterocycles. The molecule has 0 radical (unpaired) electrons. The summed E-state index contributed by atoms with van der Waals surface area (Å²) in [7, 11) is 0. The van der Waals surface area contributed by atoms with Gasteiger partial charge in [0.15, 0.2) is 0 Å². The summed E-state index contributed by atoms with van der Waals surface area (Å²) < 4.78 is 0. The zero-order valence-electron chi connectivity index (χ0n) is 8.04. The number of hydrogen-bond donors (Lipinski definition) is 2. The third kappa shape index (κ3) is 1.48. The average Bonchev–Trinajstić information content (AvgIpc) is 1.97. The molecule has 1 aliphatic carbocycles. The van der Waals surface area contributed by atoms with E-state index in [1.807, 2.05) is 13.8 Å². The van der Waals surface area contributed by atoms with E-state index in [1.165, 1.54) is 0 Å². The molecule has 70 valence electrons. The molecule has 0 saturated heterocycles. The molecular weight excluding hydrogens is 152 g/mol. The number of rotatable bonds is 1. The van der Waals surface area contributed by atoms with Gasteiger partial charge < -0.3 is 10.2 Å². The standard InChI is InChI=1S/C10H18O2/c1-7(2)10(12)5-4-8(3)6-9(10)11/h6-8,11-12H,4-5H2,1-3H3/t8?,10-/m1/s1. The van der Waals surface area contributed by atoms with Crippen LogP contribution in [0.3, 0.4) is 0 Å². The summed E-state index contributed by atoms with van der Waals surface area (Å²) >= 11 is 0. The van der Waals surface area contributed by atoms with Crippen LogP contribution >= 0.6 is 0 Å². The van der Waals surface area contributed by atoms with Crippen LogP contribution in [0.4, 0.5) is 0 Å². The molecule has 0 aromatic heterocycles. The topological polar surface area (TPSA) is 40.5 Å². The zero-order chi connectivity index (χ0) is 9.35. The van der Waals surface area contributed by atoms with Gasteiger partial charge in [-0.25, -0.2) is 0 Å². The number of aliphatic hydroxyl groups excluding tert-OH is 1. The lowest BCUT2D eigenvalue weighted by atomic mass is 9.77. The Hall–Kier alpha value is -0.500. The molecule has 12 heavy (non-hydrogen) atoms. The van der Waals surface area contributed by atoms with Gasteiger partial charge in [0.2, 0.25) is 0 Å². The summed E-state index contributed by atoms with van der Waals surface area (Å²) in [4.78, 5) is 0. The van der Waals surface area contributed by atoms with Crippen molar-refractivity contribution >= 4 is 0 Å². The summed E-state index contributed by atoms with van der Waals surface area (Å²) in [5, 5.41) is 19.6. The van der Waals surface area contributed by atoms with E-state index in [4.69, 9.17) is 0 Å². The van der Waals surface area contributed by atoms with Gasteiger partial charge in [-0.1, -0.05) is 20.8 Å². The summed E-state index contributed by atoms with van der Waals surface area (Å²) in [6.07, 6.45) is 3.40. The Kier molecular flexibility index (Phi) is 2.47. The van der Waals surface area contributed by atoms with Crippen molar-refractivity contribution in [2.75, 3.05) is 0 Å². The number of aliphatic hydroxyl groups is 2. The first-order chi connectivity index (χ1) is 5.47. The maximum Gasteiger partial charge on any atom is 0.123 e. The summed E-state index contributed by atoms with van der Waals surface area (Å²) in [6, 6.07) is 0. The van der Waals surface area contributed by atoms with Crippen LogP contribution in [0, 0.1) is 11.8 Å². The zero-order valence-corrected chi connectivity index (χ0v) is 8.04. The fraction of sp³-hybridized carbons (Fsp3) is 0.800. The van der Waals surface area contributed by atoms with E-state index in [0.29, 0.717) is 12.3 Å². The van der Waals surface area contributed by atoms with Crippen LogP contribution in [-0.4, -0.2) is 15.8 Å². The molecule has 0 amide bonds. The molecule has 1 unspecified atom stereocenters. The predicted molar refractivity (Wildman–Crippen MR) is 48.9 cm³/mol. The van der Waals surface area contributed by atoms with Crippen molar-refractivity contribution in [1.82, 2.24) is 0 Å². The normalized spacial score (nSPS) is 36.8. The van der Waals surface area contributed by atoms with Crippen molar-refractivity contribution in [3.05, 3.63) is 11.8 Å². The Morgan fingerprint density at radius 3 is 2.58 bits per heavy atom. The lowest BCUT2D eigenvalue weighted by molar-refractivity contribution is -0.0242. The molecule has 1 aliphatic rings. The van der Waals surface area contributed by atoms with Crippen LogP contribution in [0.25, 0.3) is 0 Å². The van der Waals surface area contributed by atoms with Crippen molar-refractivity contribution in [1.29, 1.82) is 0 Å². The Morgan fingerprint density at radius 1 is 1.58 bits per heavy atom. The van der Waals surface area contributed by atoms with Crippen molar-refractivity contribution < 1.29 is 10.2 Å². The van der Waals surface area contributed by atoms with E-state index in [-0.39, 0.29) is 11.7 Å². The highest BCUT2D eigenvalue weighted by Crippen LogP contribution is 2.35. The van der Waals surface area contributed by atoms with Gasteiger partial charge in [-0.3, -0.25) is 0 Å². The van der Waals surface area contributed by atoms with Crippen LogP contribution in [-0.2, 0) is 0 Å². The van der Waals surface area contributed by atoms with Crippen LogP contribution in [0.2, 0.25) is 0 Å². The van der Waals surface area contributed by atoms with E-state index in [1.54, 1.807) is 6.08 Å².